The minimum absolute atomic E-state index is 0.0292. The summed E-state index contributed by atoms with van der Waals surface area (Å²) in [7, 11) is -3.46. The lowest BCUT2D eigenvalue weighted by Gasteiger charge is -2.19. The minimum atomic E-state index is -3.46. The van der Waals surface area contributed by atoms with Gasteiger partial charge in [-0.3, -0.25) is 0 Å². The molecular weight excluding hydrogens is 286 g/mol. The maximum Gasteiger partial charge on any atom is 0.331 e. The van der Waals surface area contributed by atoms with E-state index in [4.69, 9.17) is 4.74 Å². The van der Waals surface area contributed by atoms with E-state index >= 15 is 0 Å². The Balaban J connectivity index is 4.03. The molecule has 0 aromatic carbocycles. The van der Waals surface area contributed by atoms with E-state index in [2.05, 4.69) is 9.46 Å². The Labute approximate surface area is 119 Å². The van der Waals surface area contributed by atoms with Crippen LogP contribution in [0.5, 0.6) is 0 Å². The lowest BCUT2D eigenvalue weighted by molar-refractivity contribution is -0.140. The van der Waals surface area contributed by atoms with Crippen LogP contribution < -0.4 is 4.72 Å². The molecule has 0 aliphatic heterocycles. The largest absolute Gasteiger partial charge is 0.463 e. The van der Waals surface area contributed by atoms with Gasteiger partial charge >= 0.3 is 11.9 Å². The quantitative estimate of drug-likeness (QED) is 0.414. The van der Waals surface area contributed by atoms with Crippen LogP contribution in [0.25, 0.3) is 0 Å². The van der Waals surface area contributed by atoms with Gasteiger partial charge in [-0.15, -0.1) is 0 Å². The van der Waals surface area contributed by atoms with Crippen molar-refractivity contribution in [1.29, 1.82) is 0 Å². The molecule has 0 radical (unpaired) electrons. The molecule has 7 nitrogen and oxygen atoms in total. The van der Waals surface area contributed by atoms with E-state index in [1.54, 1.807) is 27.7 Å². The number of carbonyl (C=O) groups is 2. The second kappa shape index (κ2) is 8.01. The molecule has 0 rings (SSSR count). The highest BCUT2D eigenvalue weighted by Crippen LogP contribution is 2.12. The lowest BCUT2D eigenvalue weighted by atomic mass is 10.3. The van der Waals surface area contributed by atoms with Crippen LogP contribution in [-0.4, -0.2) is 44.9 Å². The molecule has 0 saturated carbocycles. The van der Waals surface area contributed by atoms with Crippen LogP contribution in [0.2, 0.25) is 0 Å². The van der Waals surface area contributed by atoms with Gasteiger partial charge in [0.2, 0.25) is 10.0 Å². The van der Waals surface area contributed by atoms with Crippen LogP contribution in [0.3, 0.4) is 0 Å². The van der Waals surface area contributed by atoms with Crippen LogP contribution in [0.15, 0.2) is 12.2 Å². The molecule has 0 heterocycles. The van der Waals surface area contributed by atoms with Crippen LogP contribution in [0.4, 0.5) is 0 Å². The molecule has 0 atom stereocenters. The van der Waals surface area contributed by atoms with E-state index < -0.39 is 26.7 Å². The Morgan fingerprint density at radius 3 is 2.05 bits per heavy atom. The monoisotopic (exact) mass is 307 g/mol. The van der Waals surface area contributed by atoms with Crippen molar-refractivity contribution in [3.63, 3.8) is 0 Å². The first kappa shape index (κ1) is 18.6. The summed E-state index contributed by atoms with van der Waals surface area (Å²) in [6, 6.07) is 0. The zero-order valence-corrected chi connectivity index (χ0v) is 13.0. The van der Waals surface area contributed by atoms with E-state index in [9.17, 15) is 18.0 Å². The summed E-state index contributed by atoms with van der Waals surface area (Å²) in [4.78, 5) is 22.1. The first-order chi connectivity index (χ1) is 9.10. The van der Waals surface area contributed by atoms with Gasteiger partial charge in [0, 0.05) is 18.7 Å². The molecule has 0 amide bonds. The zero-order valence-electron chi connectivity index (χ0n) is 12.1. The Bertz CT molecular complexity index is 461. The van der Waals surface area contributed by atoms with E-state index in [-0.39, 0.29) is 19.8 Å². The Morgan fingerprint density at radius 2 is 1.60 bits per heavy atom. The van der Waals surface area contributed by atoms with Crippen molar-refractivity contribution >= 4 is 22.0 Å². The molecule has 0 unspecified atom stereocenters. The molecule has 0 bridgehead atoms. The second-order valence-corrected chi connectivity index (χ2v) is 7.28. The van der Waals surface area contributed by atoms with Crippen LogP contribution in [-0.2, 0) is 29.1 Å². The molecule has 0 spiro atoms. The van der Waals surface area contributed by atoms with Crippen LogP contribution >= 0.6 is 0 Å². The molecule has 1 N–H and O–H groups in total. The summed E-state index contributed by atoms with van der Waals surface area (Å²) < 4.78 is 34.0. The summed E-state index contributed by atoms with van der Waals surface area (Å²) in [5, 5.41) is 0. The van der Waals surface area contributed by atoms with Gasteiger partial charge in [0.25, 0.3) is 0 Å². The SMILES string of the molecule is CCOC(=O)/C=C/C(=O)OCCNS(=O)(=O)C(C)(C)C. The van der Waals surface area contributed by atoms with Gasteiger partial charge in [-0.2, -0.15) is 0 Å². The first-order valence-electron chi connectivity index (χ1n) is 6.11. The Hall–Kier alpha value is -1.41. The predicted molar refractivity (Wildman–Crippen MR) is 73.4 cm³/mol. The normalized spacial score (nSPS) is 12.4. The fourth-order valence-electron chi connectivity index (χ4n) is 0.919. The third kappa shape index (κ3) is 7.25. The molecule has 116 valence electrons. The number of rotatable bonds is 7. The molecule has 0 aromatic rings. The maximum atomic E-state index is 11.7. The van der Waals surface area contributed by atoms with Crippen molar-refractivity contribution in [1.82, 2.24) is 4.72 Å². The van der Waals surface area contributed by atoms with Crippen molar-refractivity contribution < 1.29 is 27.5 Å². The van der Waals surface area contributed by atoms with Gasteiger partial charge in [-0.25, -0.2) is 22.7 Å². The number of sulfonamides is 1. The second-order valence-electron chi connectivity index (χ2n) is 4.76. The highest BCUT2D eigenvalue weighted by molar-refractivity contribution is 7.90. The van der Waals surface area contributed by atoms with Crippen molar-refractivity contribution in [2.24, 2.45) is 0 Å². The van der Waals surface area contributed by atoms with Crippen LogP contribution in [0.1, 0.15) is 27.7 Å². The molecule has 0 saturated heterocycles. The summed E-state index contributed by atoms with van der Waals surface area (Å²) in [6.07, 6.45) is 1.88. The fourth-order valence-corrected chi connectivity index (χ4v) is 1.70. The molecule has 0 aromatic heterocycles. The smallest absolute Gasteiger partial charge is 0.331 e. The van der Waals surface area contributed by atoms with Gasteiger partial charge in [-0.05, 0) is 27.7 Å². The first-order valence-corrected chi connectivity index (χ1v) is 7.59. The Kier molecular flexibility index (Phi) is 7.44. The third-order valence-corrected chi connectivity index (χ3v) is 4.28. The highest BCUT2D eigenvalue weighted by Gasteiger charge is 2.28. The van der Waals surface area contributed by atoms with Gasteiger partial charge in [0.15, 0.2) is 0 Å². The molecule has 0 aliphatic rings. The number of carbonyl (C=O) groups excluding carboxylic acids is 2. The summed E-state index contributed by atoms with van der Waals surface area (Å²) in [5.41, 5.74) is 0. The number of ether oxygens (including phenoxy) is 2. The number of esters is 2. The van der Waals surface area contributed by atoms with Crippen molar-refractivity contribution in [3.8, 4) is 0 Å². The summed E-state index contributed by atoms with van der Waals surface area (Å²) in [6.45, 7) is 6.38. The molecule has 0 aliphatic carbocycles. The topological polar surface area (TPSA) is 98.8 Å². The molecule has 0 fully saturated rings. The predicted octanol–water partition coefficient (Wildman–Crippen LogP) is 0.367. The van der Waals surface area contributed by atoms with Crippen molar-refractivity contribution in [3.05, 3.63) is 12.2 Å². The minimum Gasteiger partial charge on any atom is -0.463 e. The van der Waals surface area contributed by atoms with Crippen molar-refractivity contribution in [2.75, 3.05) is 19.8 Å². The maximum absolute atomic E-state index is 11.7. The van der Waals surface area contributed by atoms with Gasteiger partial charge in [0.1, 0.15) is 6.61 Å². The average molecular weight is 307 g/mol. The van der Waals surface area contributed by atoms with Gasteiger partial charge < -0.3 is 9.47 Å². The number of hydrogen-bond acceptors (Lipinski definition) is 6. The molecular formula is C12H21NO6S. The van der Waals surface area contributed by atoms with Crippen LogP contribution in [0, 0.1) is 0 Å². The standard InChI is InChI=1S/C12H21NO6S/c1-5-18-10(14)6-7-11(15)19-9-8-13-20(16,17)12(2,3)4/h6-7,13H,5,8-9H2,1-4H3/b7-6+. The zero-order chi connectivity index (χ0) is 15.8. The highest BCUT2D eigenvalue weighted by atomic mass is 32.2. The third-order valence-electron chi connectivity index (χ3n) is 2.09. The van der Waals surface area contributed by atoms with E-state index in [0.29, 0.717) is 0 Å². The molecule has 20 heavy (non-hydrogen) atoms. The van der Waals surface area contributed by atoms with Gasteiger partial charge in [-0.1, -0.05) is 0 Å². The van der Waals surface area contributed by atoms with Crippen molar-refractivity contribution in [2.45, 2.75) is 32.4 Å². The van der Waals surface area contributed by atoms with E-state index in [1.807, 2.05) is 0 Å². The van der Waals surface area contributed by atoms with Gasteiger partial charge in [0.05, 0.1) is 11.4 Å². The fraction of sp³-hybridized carbons (Fsp3) is 0.667. The Morgan fingerprint density at radius 1 is 1.10 bits per heavy atom. The summed E-state index contributed by atoms with van der Waals surface area (Å²) in [5.74, 6) is -1.38. The van der Waals surface area contributed by atoms with E-state index in [0.717, 1.165) is 12.2 Å². The number of hydrogen-bond donors (Lipinski definition) is 1. The average Bonchev–Trinajstić information content (AvgIpc) is 2.31. The van der Waals surface area contributed by atoms with E-state index in [1.165, 1.54) is 0 Å². The summed E-state index contributed by atoms with van der Waals surface area (Å²) >= 11 is 0. The molecule has 8 heteroatoms. The lowest BCUT2D eigenvalue weighted by Crippen LogP contribution is -2.40. The number of nitrogens with one attached hydrogen (secondary N) is 1.